The third kappa shape index (κ3) is 8.04. The van der Waals surface area contributed by atoms with Gasteiger partial charge in [-0.2, -0.15) is 0 Å². The van der Waals surface area contributed by atoms with Crippen molar-refractivity contribution in [3.63, 3.8) is 0 Å². The molecule has 2 aromatic rings. The van der Waals surface area contributed by atoms with E-state index in [4.69, 9.17) is 11.6 Å². The van der Waals surface area contributed by atoms with E-state index in [9.17, 15) is 9.59 Å². The molecule has 2 aromatic carbocycles. The van der Waals surface area contributed by atoms with Gasteiger partial charge in [-0.3, -0.25) is 9.59 Å². The number of hydrogen-bond acceptors (Lipinski definition) is 3. The maximum atomic E-state index is 13.1. The molecule has 0 saturated heterocycles. The van der Waals surface area contributed by atoms with Crippen molar-refractivity contribution < 1.29 is 9.59 Å². The number of carbonyl (C=O) groups excluding carboxylic acids is 2. The van der Waals surface area contributed by atoms with Crippen molar-refractivity contribution in [2.24, 2.45) is 5.92 Å². The van der Waals surface area contributed by atoms with E-state index in [1.807, 2.05) is 63.2 Å². The third-order valence-electron chi connectivity index (χ3n) is 4.69. The van der Waals surface area contributed by atoms with Crippen LogP contribution in [0, 0.1) is 12.8 Å². The largest absolute Gasteiger partial charge is 0.354 e. The smallest absolute Gasteiger partial charge is 0.242 e. The van der Waals surface area contributed by atoms with Crippen LogP contribution >= 0.6 is 23.4 Å². The Hall–Kier alpha value is -1.98. The number of nitrogens with one attached hydrogen (secondary N) is 1. The zero-order valence-electron chi connectivity index (χ0n) is 18.2. The second-order valence-electron chi connectivity index (χ2n) is 7.94. The quantitative estimate of drug-likeness (QED) is 0.554. The van der Waals surface area contributed by atoms with E-state index in [0.29, 0.717) is 29.8 Å². The molecule has 0 aromatic heterocycles. The van der Waals surface area contributed by atoms with Crippen LogP contribution in [0.1, 0.15) is 37.5 Å². The summed E-state index contributed by atoms with van der Waals surface area (Å²) in [4.78, 5) is 27.4. The van der Waals surface area contributed by atoms with Crippen molar-refractivity contribution in [2.75, 3.05) is 12.3 Å². The standard InChI is InChI=1S/C24H31ClN2O2S/c1-17(2)13-26-24(29)19(4)27(14-21-7-5-6-18(3)12-21)23(28)16-30-15-20-8-10-22(25)11-9-20/h5-12,17,19H,13-16H2,1-4H3,(H,26,29)/t19-/m1/s1. The summed E-state index contributed by atoms with van der Waals surface area (Å²) < 4.78 is 0. The first-order chi connectivity index (χ1) is 14.3. The molecule has 30 heavy (non-hydrogen) atoms. The van der Waals surface area contributed by atoms with Gasteiger partial charge < -0.3 is 10.2 Å². The zero-order valence-corrected chi connectivity index (χ0v) is 19.7. The summed E-state index contributed by atoms with van der Waals surface area (Å²) in [7, 11) is 0. The second kappa shape index (κ2) is 12.0. The molecule has 0 saturated carbocycles. The van der Waals surface area contributed by atoms with Gasteiger partial charge >= 0.3 is 0 Å². The number of rotatable bonds is 10. The molecular formula is C24H31ClN2O2S. The Morgan fingerprint density at radius 2 is 1.77 bits per heavy atom. The molecule has 0 radical (unpaired) electrons. The fraction of sp³-hybridized carbons (Fsp3) is 0.417. The molecule has 0 heterocycles. The summed E-state index contributed by atoms with van der Waals surface area (Å²) in [5.41, 5.74) is 3.27. The van der Waals surface area contributed by atoms with Crippen LogP contribution in [0.4, 0.5) is 0 Å². The molecule has 2 rings (SSSR count). The summed E-state index contributed by atoms with van der Waals surface area (Å²) in [6.45, 7) is 8.94. The fourth-order valence-electron chi connectivity index (χ4n) is 2.96. The minimum Gasteiger partial charge on any atom is -0.354 e. The van der Waals surface area contributed by atoms with Gasteiger partial charge in [-0.05, 0) is 43.0 Å². The number of thioether (sulfide) groups is 1. The maximum Gasteiger partial charge on any atom is 0.242 e. The Bertz CT molecular complexity index is 839. The van der Waals surface area contributed by atoms with Gasteiger partial charge in [0.25, 0.3) is 0 Å². The molecule has 1 N–H and O–H groups in total. The molecule has 0 spiro atoms. The van der Waals surface area contributed by atoms with E-state index in [0.717, 1.165) is 22.4 Å². The predicted octanol–water partition coefficient (Wildman–Crippen LogP) is 5.07. The molecule has 0 aliphatic heterocycles. The first-order valence-corrected chi connectivity index (χ1v) is 11.7. The summed E-state index contributed by atoms with van der Waals surface area (Å²) >= 11 is 7.47. The molecule has 6 heteroatoms. The van der Waals surface area contributed by atoms with Gasteiger partial charge in [-0.15, -0.1) is 11.8 Å². The van der Waals surface area contributed by atoms with Crippen molar-refractivity contribution in [1.29, 1.82) is 0 Å². The predicted molar refractivity (Wildman–Crippen MR) is 127 cm³/mol. The van der Waals surface area contributed by atoms with E-state index in [2.05, 4.69) is 11.4 Å². The lowest BCUT2D eigenvalue weighted by atomic mass is 10.1. The van der Waals surface area contributed by atoms with E-state index in [1.165, 1.54) is 0 Å². The monoisotopic (exact) mass is 446 g/mol. The Morgan fingerprint density at radius 1 is 1.07 bits per heavy atom. The first kappa shape index (κ1) is 24.3. The number of amides is 2. The number of halogens is 1. The van der Waals surface area contributed by atoms with E-state index in [1.54, 1.807) is 23.6 Å². The van der Waals surface area contributed by atoms with Crippen LogP contribution in [0.2, 0.25) is 5.02 Å². The zero-order chi connectivity index (χ0) is 22.1. The van der Waals surface area contributed by atoms with Crippen molar-refractivity contribution in [1.82, 2.24) is 10.2 Å². The second-order valence-corrected chi connectivity index (χ2v) is 9.37. The molecule has 0 aliphatic rings. The van der Waals surface area contributed by atoms with Crippen LogP contribution in [0.15, 0.2) is 48.5 Å². The lowest BCUT2D eigenvalue weighted by Crippen LogP contribution is -2.48. The van der Waals surface area contributed by atoms with Crippen LogP contribution in [0.25, 0.3) is 0 Å². The molecule has 0 fully saturated rings. The van der Waals surface area contributed by atoms with E-state index >= 15 is 0 Å². The lowest BCUT2D eigenvalue weighted by molar-refractivity contribution is -0.138. The van der Waals surface area contributed by atoms with Crippen LogP contribution < -0.4 is 5.32 Å². The highest BCUT2D eigenvalue weighted by Gasteiger charge is 2.26. The van der Waals surface area contributed by atoms with Gasteiger partial charge in [0.05, 0.1) is 5.75 Å². The Morgan fingerprint density at radius 3 is 2.40 bits per heavy atom. The number of benzene rings is 2. The lowest BCUT2D eigenvalue weighted by Gasteiger charge is -2.29. The Balaban J connectivity index is 2.05. The molecule has 0 aliphatic carbocycles. The van der Waals surface area contributed by atoms with Crippen LogP contribution in [0.3, 0.4) is 0 Å². The van der Waals surface area contributed by atoms with Crippen LogP contribution in [-0.2, 0) is 21.9 Å². The summed E-state index contributed by atoms with van der Waals surface area (Å²) in [6, 6.07) is 15.1. The summed E-state index contributed by atoms with van der Waals surface area (Å²) in [5, 5.41) is 3.65. The Labute approximate surface area is 189 Å². The molecule has 1 atom stereocenters. The molecule has 4 nitrogen and oxygen atoms in total. The molecule has 0 unspecified atom stereocenters. The fourth-order valence-corrected chi connectivity index (χ4v) is 3.96. The molecular weight excluding hydrogens is 416 g/mol. The summed E-state index contributed by atoms with van der Waals surface area (Å²) in [6.07, 6.45) is 0. The van der Waals surface area contributed by atoms with Crippen molar-refractivity contribution >= 4 is 35.2 Å². The molecule has 162 valence electrons. The number of nitrogens with zero attached hydrogens (tertiary/aromatic N) is 1. The highest BCUT2D eigenvalue weighted by molar-refractivity contribution is 7.99. The van der Waals surface area contributed by atoms with Gasteiger partial charge in [0.2, 0.25) is 11.8 Å². The van der Waals surface area contributed by atoms with Gasteiger partial charge in [-0.1, -0.05) is 67.4 Å². The number of carbonyl (C=O) groups is 2. The highest BCUT2D eigenvalue weighted by atomic mass is 35.5. The van der Waals surface area contributed by atoms with Crippen molar-refractivity contribution in [3.05, 3.63) is 70.2 Å². The SMILES string of the molecule is Cc1cccc(CN(C(=O)CSCc2ccc(Cl)cc2)[C@H](C)C(=O)NCC(C)C)c1. The highest BCUT2D eigenvalue weighted by Crippen LogP contribution is 2.18. The van der Waals surface area contributed by atoms with Gasteiger partial charge in [0.15, 0.2) is 0 Å². The number of hydrogen-bond donors (Lipinski definition) is 1. The van der Waals surface area contributed by atoms with E-state index < -0.39 is 6.04 Å². The normalized spacial score (nSPS) is 11.9. The minimum absolute atomic E-state index is 0.0392. The molecule has 0 bridgehead atoms. The maximum absolute atomic E-state index is 13.1. The van der Waals surface area contributed by atoms with Gasteiger partial charge in [0, 0.05) is 23.9 Å². The van der Waals surface area contributed by atoms with Crippen molar-refractivity contribution in [2.45, 2.75) is 46.0 Å². The Kier molecular flexibility index (Phi) is 9.73. The minimum atomic E-state index is -0.534. The molecule has 2 amide bonds. The van der Waals surface area contributed by atoms with Crippen molar-refractivity contribution in [3.8, 4) is 0 Å². The van der Waals surface area contributed by atoms with Crippen LogP contribution in [0.5, 0.6) is 0 Å². The average molecular weight is 447 g/mol. The van der Waals surface area contributed by atoms with Crippen LogP contribution in [-0.4, -0.2) is 35.1 Å². The van der Waals surface area contributed by atoms with E-state index in [-0.39, 0.29) is 11.8 Å². The first-order valence-electron chi connectivity index (χ1n) is 10.2. The summed E-state index contributed by atoms with van der Waals surface area (Å²) in [5.74, 6) is 1.23. The number of aryl methyl sites for hydroxylation is 1. The average Bonchev–Trinajstić information content (AvgIpc) is 2.71. The van der Waals surface area contributed by atoms with Gasteiger partial charge in [0.1, 0.15) is 6.04 Å². The van der Waals surface area contributed by atoms with Gasteiger partial charge in [-0.25, -0.2) is 0 Å². The third-order valence-corrected chi connectivity index (χ3v) is 5.94. The topological polar surface area (TPSA) is 49.4 Å².